The second-order valence-electron chi connectivity index (χ2n) is 9.33. The highest BCUT2D eigenvalue weighted by atomic mass is 35.5. The monoisotopic (exact) mass is 594 g/mol. The minimum Gasteiger partial charge on any atom is -0.368 e. The fourth-order valence-corrected chi connectivity index (χ4v) is 6.49. The summed E-state index contributed by atoms with van der Waals surface area (Å²) in [5.74, 6) is -0.260. The Morgan fingerprint density at radius 3 is 2.47 bits per heavy atom. The number of thiophene rings is 1. The average molecular weight is 596 g/mol. The van der Waals surface area contributed by atoms with E-state index < -0.39 is 16.1 Å². The molecule has 7 nitrogen and oxygen atoms in total. The van der Waals surface area contributed by atoms with Crippen LogP contribution in [0.5, 0.6) is 0 Å². The highest BCUT2D eigenvalue weighted by molar-refractivity contribution is 7.88. The van der Waals surface area contributed by atoms with E-state index in [1.807, 2.05) is 12.1 Å². The largest absolute Gasteiger partial charge is 0.368 e. The molecule has 0 radical (unpaired) electrons. The average Bonchev–Trinajstić information content (AvgIpc) is 3.41. The van der Waals surface area contributed by atoms with Gasteiger partial charge in [-0.25, -0.2) is 13.1 Å². The van der Waals surface area contributed by atoms with Gasteiger partial charge in [-0.15, -0.1) is 11.3 Å². The minimum absolute atomic E-state index is 0.141. The van der Waals surface area contributed by atoms with Crippen molar-refractivity contribution in [2.75, 3.05) is 43.9 Å². The number of rotatable bonds is 11. The number of hydrogen-bond acceptors (Lipinski definition) is 6. The van der Waals surface area contributed by atoms with Crippen LogP contribution in [0.2, 0.25) is 10.0 Å². The van der Waals surface area contributed by atoms with Crippen LogP contribution in [0.3, 0.4) is 0 Å². The summed E-state index contributed by atoms with van der Waals surface area (Å²) in [6.45, 7) is 3.98. The van der Waals surface area contributed by atoms with E-state index in [2.05, 4.69) is 44.6 Å². The fourth-order valence-electron chi connectivity index (χ4n) is 4.59. The molecule has 1 fully saturated rings. The number of para-hydroxylation sites is 1. The maximum Gasteiger partial charge on any atom is 0.241 e. The van der Waals surface area contributed by atoms with Crippen molar-refractivity contribution in [2.45, 2.75) is 25.4 Å². The normalized spacial score (nSPS) is 15.0. The van der Waals surface area contributed by atoms with E-state index in [-0.39, 0.29) is 12.3 Å². The molecule has 0 saturated carbocycles. The quantitative estimate of drug-likeness (QED) is 0.325. The molecule has 1 atom stereocenters. The first-order valence-electron chi connectivity index (χ1n) is 12.5. The molecule has 1 aromatic heterocycles. The summed E-state index contributed by atoms with van der Waals surface area (Å²) >= 11 is 14.1. The molecule has 0 spiro atoms. The Hall–Kier alpha value is -2.14. The minimum atomic E-state index is -3.62. The number of anilines is 1. The third-order valence-electron chi connectivity index (χ3n) is 6.46. The molecule has 1 aliphatic rings. The second kappa shape index (κ2) is 13.3. The predicted molar refractivity (Wildman–Crippen MR) is 157 cm³/mol. The van der Waals surface area contributed by atoms with Crippen molar-refractivity contribution >= 4 is 56.2 Å². The lowest BCUT2D eigenvalue weighted by Gasteiger charge is -2.38. The number of piperazine rings is 1. The van der Waals surface area contributed by atoms with Crippen LogP contribution in [0.1, 0.15) is 16.0 Å². The van der Waals surface area contributed by atoms with Crippen LogP contribution in [0.25, 0.3) is 0 Å². The fraction of sp³-hybridized carbons (Fsp3) is 0.370. The first kappa shape index (κ1) is 28.9. The highest BCUT2D eigenvalue weighted by Gasteiger charge is 2.30. The van der Waals surface area contributed by atoms with E-state index in [9.17, 15) is 13.2 Å². The lowest BCUT2D eigenvalue weighted by molar-refractivity contribution is -0.133. The molecule has 0 bridgehead atoms. The molecule has 1 saturated heterocycles. The van der Waals surface area contributed by atoms with E-state index in [1.165, 1.54) is 10.4 Å². The van der Waals surface area contributed by atoms with Gasteiger partial charge in [0.2, 0.25) is 15.9 Å². The summed E-state index contributed by atoms with van der Waals surface area (Å²) in [5, 5.41) is 6.52. The summed E-state index contributed by atoms with van der Waals surface area (Å²) in [4.78, 5) is 18.8. The van der Waals surface area contributed by atoms with Crippen LogP contribution >= 0.6 is 34.5 Å². The molecule has 2 heterocycles. The van der Waals surface area contributed by atoms with Gasteiger partial charge in [0.1, 0.15) is 6.04 Å². The molecule has 0 unspecified atom stereocenters. The molecule has 0 aliphatic carbocycles. The summed E-state index contributed by atoms with van der Waals surface area (Å²) in [6, 6.07) is 16.6. The Morgan fingerprint density at radius 1 is 1.03 bits per heavy atom. The topological polar surface area (TPSA) is 81.8 Å². The molecule has 2 aromatic carbocycles. The van der Waals surface area contributed by atoms with Gasteiger partial charge in [0.05, 0.1) is 6.26 Å². The van der Waals surface area contributed by atoms with Crippen molar-refractivity contribution in [2.24, 2.45) is 0 Å². The molecule has 1 aliphatic heterocycles. The first-order valence-corrected chi connectivity index (χ1v) is 16.0. The van der Waals surface area contributed by atoms with Crippen molar-refractivity contribution in [1.29, 1.82) is 0 Å². The summed E-state index contributed by atoms with van der Waals surface area (Å²) in [6.07, 6.45) is 2.20. The molecular weight excluding hydrogens is 563 g/mol. The summed E-state index contributed by atoms with van der Waals surface area (Å²) in [7, 11) is -3.62. The Morgan fingerprint density at radius 2 is 1.79 bits per heavy atom. The zero-order valence-corrected chi connectivity index (χ0v) is 24.3. The Balaban J connectivity index is 1.37. The van der Waals surface area contributed by atoms with Crippen LogP contribution in [-0.2, 0) is 34.2 Å². The zero-order valence-electron chi connectivity index (χ0n) is 21.2. The summed E-state index contributed by atoms with van der Waals surface area (Å²) < 4.78 is 26.6. The number of halogens is 2. The maximum atomic E-state index is 13.4. The van der Waals surface area contributed by atoms with Crippen LogP contribution < -0.4 is 14.9 Å². The lowest BCUT2D eigenvalue weighted by atomic mass is 10.0. The van der Waals surface area contributed by atoms with Gasteiger partial charge in [-0.1, -0.05) is 53.5 Å². The third kappa shape index (κ3) is 8.18. The molecular formula is C27H32Cl2N4O3S2. The molecule has 38 heavy (non-hydrogen) atoms. The number of benzene rings is 2. The van der Waals surface area contributed by atoms with Gasteiger partial charge in [0, 0.05) is 59.9 Å². The smallest absolute Gasteiger partial charge is 0.241 e. The van der Waals surface area contributed by atoms with E-state index >= 15 is 0 Å². The van der Waals surface area contributed by atoms with Crippen molar-refractivity contribution in [1.82, 2.24) is 14.9 Å². The first-order chi connectivity index (χ1) is 18.2. The van der Waals surface area contributed by atoms with E-state index in [4.69, 9.17) is 23.2 Å². The molecule has 1 amide bonds. The number of nitrogens with one attached hydrogen (secondary N) is 2. The van der Waals surface area contributed by atoms with Crippen molar-refractivity contribution in [3.63, 3.8) is 0 Å². The number of hydrogen-bond donors (Lipinski definition) is 2. The van der Waals surface area contributed by atoms with Gasteiger partial charge < -0.3 is 15.1 Å². The molecule has 11 heteroatoms. The Bertz CT molecular complexity index is 1330. The summed E-state index contributed by atoms with van der Waals surface area (Å²) in [5.41, 5.74) is 3.03. The van der Waals surface area contributed by atoms with E-state index in [0.717, 1.165) is 31.5 Å². The zero-order chi connectivity index (χ0) is 27.1. The number of carbonyl (C=O) groups excluding carboxylic acids is 1. The van der Waals surface area contributed by atoms with Gasteiger partial charge in [-0.2, -0.15) is 0 Å². The molecule has 3 aromatic rings. The van der Waals surface area contributed by atoms with E-state index in [1.54, 1.807) is 34.4 Å². The van der Waals surface area contributed by atoms with Gasteiger partial charge in [0.25, 0.3) is 0 Å². The molecule has 204 valence electrons. The van der Waals surface area contributed by atoms with Gasteiger partial charge in [-0.3, -0.25) is 4.79 Å². The van der Waals surface area contributed by atoms with Crippen molar-refractivity contribution in [3.05, 3.63) is 86.0 Å². The van der Waals surface area contributed by atoms with Crippen molar-refractivity contribution < 1.29 is 13.2 Å². The van der Waals surface area contributed by atoms with Crippen LogP contribution in [-0.4, -0.2) is 64.2 Å². The maximum absolute atomic E-state index is 13.4. The second-order valence-corrected chi connectivity index (χ2v) is 13.0. The SMILES string of the molecule is CS(=O)(=O)N[C@H](Cc1ccc(Cl)cc1Cl)C(=O)N1CCN(c2ccccc2CNCCc2cccs2)CC1. The predicted octanol–water partition coefficient (Wildman–Crippen LogP) is 4.20. The van der Waals surface area contributed by atoms with Gasteiger partial charge in [-0.05, 0) is 53.6 Å². The van der Waals surface area contributed by atoms with Crippen LogP contribution in [0, 0.1) is 0 Å². The Kier molecular flexibility index (Phi) is 10.1. The number of carbonyl (C=O) groups is 1. The van der Waals surface area contributed by atoms with Gasteiger partial charge >= 0.3 is 0 Å². The Labute approximate surface area is 238 Å². The van der Waals surface area contributed by atoms with Gasteiger partial charge in [0.15, 0.2) is 0 Å². The van der Waals surface area contributed by atoms with Crippen molar-refractivity contribution in [3.8, 4) is 0 Å². The van der Waals surface area contributed by atoms with Crippen LogP contribution in [0.15, 0.2) is 60.0 Å². The number of amides is 1. The number of sulfonamides is 1. The number of nitrogens with zero attached hydrogens (tertiary/aromatic N) is 2. The third-order valence-corrected chi connectivity index (χ3v) is 8.70. The van der Waals surface area contributed by atoms with E-state index in [0.29, 0.717) is 41.8 Å². The molecule has 4 rings (SSSR count). The lowest BCUT2D eigenvalue weighted by Crippen LogP contribution is -2.55. The standard InChI is InChI=1S/C27H32Cl2N4O3S2/c1-38(35,36)31-25(17-20-8-9-22(28)18-24(20)29)27(34)33-14-12-32(13-15-33)26-7-3-2-5-21(26)19-30-11-10-23-6-4-16-37-23/h2-9,16,18,25,30-31H,10-15,17,19H2,1H3/t25-/m1/s1. The van der Waals surface area contributed by atoms with Crippen LogP contribution in [0.4, 0.5) is 5.69 Å². The highest BCUT2D eigenvalue weighted by Crippen LogP contribution is 2.24. The molecule has 2 N–H and O–H groups in total.